The molecular weight excluding hydrogens is 272 g/mol. The van der Waals surface area contributed by atoms with Gasteiger partial charge in [0.1, 0.15) is 23.2 Å². The Hall–Kier alpha value is -1.65. The minimum Gasteiger partial charge on any atom is -0.384 e. The van der Waals surface area contributed by atoms with Crippen molar-refractivity contribution in [1.29, 1.82) is 5.41 Å². The Kier molecular flexibility index (Phi) is 6.12. The molecule has 0 atom stereocenters. The van der Waals surface area contributed by atoms with Crippen molar-refractivity contribution in [3.05, 3.63) is 29.3 Å². The summed E-state index contributed by atoms with van der Waals surface area (Å²) in [6.45, 7) is 8.66. The molecule has 0 aliphatic rings. The van der Waals surface area contributed by atoms with Crippen LogP contribution in [0.4, 0.5) is 14.5 Å². The van der Waals surface area contributed by atoms with Gasteiger partial charge in [0.25, 0.3) is 0 Å². The maximum absolute atomic E-state index is 14.4. The first-order chi connectivity index (χ1) is 9.81. The Balaban J connectivity index is 3.33. The van der Waals surface area contributed by atoms with E-state index in [0.717, 1.165) is 25.0 Å². The van der Waals surface area contributed by atoms with Crippen molar-refractivity contribution in [3.63, 3.8) is 0 Å². The average Bonchev–Trinajstić information content (AvgIpc) is 2.38. The number of hydrogen-bond acceptors (Lipinski definition) is 2. The number of benzene rings is 1. The third-order valence-electron chi connectivity index (χ3n) is 3.56. The van der Waals surface area contributed by atoms with Gasteiger partial charge in [-0.2, -0.15) is 0 Å². The highest BCUT2D eigenvalue weighted by Gasteiger charge is 2.24. The molecule has 3 N–H and O–H groups in total. The minimum atomic E-state index is -0.659. The molecule has 21 heavy (non-hydrogen) atoms. The van der Waals surface area contributed by atoms with Gasteiger partial charge in [-0.1, -0.05) is 27.7 Å². The Morgan fingerprint density at radius 3 is 2.00 bits per heavy atom. The van der Waals surface area contributed by atoms with E-state index in [2.05, 4.69) is 0 Å². The third kappa shape index (κ3) is 4.16. The molecule has 0 aromatic heterocycles. The minimum absolute atomic E-state index is 0.0117. The van der Waals surface area contributed by atoms with Crippen molar-refractivity contribution in [2.24, 2.45) is 11.7 Å². The number of rotatable bonds is 7. The fraction of sp³-hybridized carbons (Fsp3) is 0.562. The number of anilines is 1. The number of nitrogens with two attached hydrogens (primary N) is 1. The Labute approximate surface area is 125 Å². The highest BCUT2D eigenvalue weighted by atomic mass is 19.1. The SMILES string of the molecule is CCC(CC)N(CC(C)C)c1c(F)cc(C(=N)N)cc1F. The predicted octanol–water partition coefficient (Wildman–Crippen LogP) is 3.90. The van der Waals surface area contributed by atoms with Gasteiger partial charge in [-0.25, -0.2) is 8.78 Å². The smallest absolute Gasteiger partial charge is 0.150 e. The summed E-state index contributed by atoms with van der Waals surface area (Å²) in [5.74, 6) is -1.37. The molecular formula is C16H25F2N3. The molecule has 0 bridgehead atoms. The summed E-state index contributed by atoms with van der Waals surface area (Å²) in [4.78, 5) is 1.80. The van der Waals surface area contributed by atoms with Gasteiger partial charge in [-0.15, -0.1) is 0 Å². The lowest BCUT2D eigenvalue weighted by Gasteiger charge is -2.34. The van der Waals surface area contributed by atoms with E-state index in [1.807, 2.05) is 27.7 Å². The first-order valence-corrected chi connectivity index (χ1v) is 7.41. The Morgan fingerprint density at radius 2 is 1.67 bits per heavy atom. The molecule has 1 rings (SSSR count). The van der Waals surface area contributed by atoms with Crippen LogP contribution in [0.25, 0.3) is 0 Å². The molecule has 0 radical (unpaired) electrons. The fourth-order valence-corrected chi connectivity index (χ4v) is 2.54. The number of nitrogens with one attached hydrogen (secondary N) is 1. The van der Waals surface area contributed by atoms with E-state index in [0.29, 0.717) is 6.54 Å². The summed E-state index contributed by atoms with van der Waals surface area (Å²) in [5.41, 5.74) is 5.37. The Morgan fingerprint density at radius 1 is 1.19 bits per heavy atom. The van der Waals surface area contributed by atoms with E-state index in [1.165, 1.54) is 0 Å². The zero-order valence-electron chi connectivity index (χ0n) is 13.2. The third-order valence-corrected chi connectivity index (χ3v) is 3.56. The van der Waals surface area contributed by atoms with E-state index < -0.39 is 11.6 Å². The lowest BCUT2D eigenvalue weighted by atomic mass is 10.0. The molecule has 0 unspecified atom stereocenters. The zero-order chi connectivity index (χ0) is 16.2. The number of hydrogen-bond donors (Lipinski definition) is 2. The molecule has 0 amide bonds. The molecule has 0 heterocycles. The van der Waals surface area contributed by atoms with E-state index >= 15 is 0 Å². The molecule has 0 saturated heterocycles. The molecule has 0 fully saturated rings. The monoisotopic (exact) mass is 297 g/mol. The van der Waals surface area contributed by atoms with E-state index in [4.69, 9.17) is 11.1 Å². The number of halogens is 2. The number of nitrogens with zero attached hydrogens (tertiary/aromatic N) is 1. The van der Waals surface area contributed by atoms with Gasteiger partial charge in [0, 0.05) is 18.2 Å². The van der Waals surface area contributed by atoms with Crippen LogP contribution in [0, 0.1) is 23.0 Å². The fourth-order valence-electron chi connectivity index (χ4n) is 2.54. The topological polar surface area (TPSA) is 53.1 Å². The molecule has 1 aromatic carbocycles. The van der Waals surface area contributed by atoms with Gasteiger partial charge in [-0.3, -0.25) is 5.41 Å². The summed E-state index contributed by atoms with van der Waals surface area (Å²) in [5, 5.41) is 7.31. The number of nitrogen functional groups attached to an aromatic ring is 1. The van der Waals surface area contributed by atoms with E-state index in [1.54, 1.807) is 4.90 Å². The van der Waals surface area contributed by atoms with Gasteiger partial charge in [-0.05, 0) is 30.9 Å². The normalized spacial score (nSPS) is 11.2. The summed E-state index contributed by atoms with van der Waals surface area (Å²) in [7, 11) is 0. The van der Waals surface area contributed by atoms with Crippen molar-refractivity contribution in [2.45, 2.75) is 46.6 Å². The standard InChI is InChI=1S/C16H25F2N3/c1-5-12(6-2)21(9-10(3)4)15-13(17)7-11(16(19)20)8-14(15)18/h7-8,10,12H,5-6,9H2,1-4H3,(H3,19,20). The van der Waals surface area contributed by atoms with Crippen molar-refractivity contribution >= 4 is 11.5 Å². The molecule has 3 nitrogen and oxygen atoms in total. The second kappa shape index (κ2) is 7.38. The van der Waals surface area contributed by atoms with Crippen LogP contribution in [0.3, 0.4) is 0 Å². The lowest BCUT2D eigenvalue weighted by Crippen LogP contribution is -2.38. The summed E-state index contributed by atoms with van der Waals surface area (Å²) < 4.78 is 28.7. The molecule has 5 heteroatoms. The van der Waals surface area contributed by atoms with Crippen molar-refractivity contribution in [2.75, 3.05) is 11.4 Å². The van der Waals surface area contributed by atoms with Crippen molar-refractivity contribution in [3.8, 4) is 0 Å². The lowest BCUT2D eigenvalue weighted by molar-refractivity contribution is 0.481. The van der Waals surface area contributed by atoms with Crippen LogP contribution < -0.4 is 10.6 Å². The van der Waals surface area contributed by atoms with Crippen LogP contribution in [0.2, 0.25) is 0 Å². The summed E-state index contributed by atoms with van der Waals surface area (Å²) >= 11 is 0. The van der Waals surface area contributed by atoms with Crippen LogP contribution in [0.1, 0.15) is 46.1 Å². The maximum Gasteiger partial charge on any atom is 0.150 e. The molecule has 0 saturated carbocycles. The summed E-state index contributed by atoms with van der Waals surface area (Å²) in [6, 6.07) is 2.35. The van der Waals surface area contributed by atoms with Gasteiger partial charge in [0.15, 0.2) is 0 Å². The second-order valence-electron chi connectivity index (χ2n) is 5.72. The largest absolute Gasteiger partial charge is 0.384 e. The second-order valence-corrected chi connectivity index (χ2v) is 5.72. The van der Waals surface area contributed by atoms with Gasteiger partial charge in [0.2, 0.25) is 0 Å². The van der Waals surface area contributed by atoms with Crippen LogP contribution >= 0.6 is 0 Å². The van der Waals surface area contributed by atoms with E-state index in [-0.39, 0.29) is 29.0 Å². The van der Waals surface area contributed by atoms with Crippen LogP contribution in [0.15, 0.2) is 12.1 Å². The molecule has 0 aliphatic carbocycles. The van der Waals surface area contributed by atoms with Gasteiger partial charge < -0.3 is 10.6 Å². The highest BCUT2D eigenvalue weighted by molar-refractivity contribution is 5.95. The number of amidine groups is 1. The maximum atomic E-state index is 14.4. The molecule has 1 aromatic rings. The summed E-state index contributed by atoms with van der Waals surface area (Å²) in [6.07, 6.45) is 1.63. The first-order valence-electron chi connectivity index (χ1n) is 7.41. The van der Waals surface area contributed by atoms with Crippen LogP contribution in [-0.4, -0.2) is 18.4 Å². The van der Waals surface area contributed by atoms with Gasteiger partial charge >= 0.3 is 0 Å². The van der Waals surface area contributed by atoms with Gasteiger partial charge in [0.05, 0.1) is 0 Å². The Bertz CT molecular complexity index is 473. The average molecular weight is 297 g/mol. The highest BCUT2D eigenvalue weighted by Crippen LogP contribution is 2.29. The zero-order valence-corrected chi connectivity index (χ0v) is 13.2. The van der Waals surface area contributed by atoms with Crippen LogP contribution in [-0.2, 0) is 0 Å². The molecule has 0 spiro atoms. The van der Waals surface area contributed by atoms with E-state index in [9.17, 15) is 8.78 Å². The first kappa shape index (κ1) is 17.4. The van der Waals surface area contributed by atoms with Crippen molar-refractivity contribution in [1.82, 2.24) is 0 Å². The predicted molar refractivity (Wildman–Crippen MR) is 83.9 cm³/mol. The molecule has 0 aliphatic heterocycles. The van der Waals surface area contributed by atoms with Crippen molar-refractivity contribution < 1.29 is 8.78 Å². The quantitative estimate of drug-likeness (QED) is 0.592. The molecule has 118 valence electrons. The van der Waals surface area contributed by atoms with Crippen LogP contribution in [0.5, 0.6) is 0 Å².